The highest BCUT2D eigenvalue weighted by Gasteiger charge is 2.19. The second-order valence-corrected chi connectivity index (χ2v) is 8.41. The number of hydrogen-bond acceptors (Lipinski definition) is 1. The maximum Gasteiger partial charge on any atom is 0.0571 e. The van der Waals surface area contributed by atoms with Crippen molar-refractivity contribution in [2.75, 3.05) is 7.11 Å². The number of hydrogen-bond donors (Lipinski definition) is 0. The topological polar surface area (TPSA) is 9.23 Å². The molecule has 0 aliphatic heterocycles. The first-order chi connectivity index (χ1) is 12.8. The van der Waals surface area contributed by atoms with Crippen molar-refractivity contribution in [1.29, 1.82) is 0 Å². The van der Waals surface area contributed by atoms with Gasteiger partial charge in [0.05, 0.1) is 6.10 Å². The van der Waals surface area contributed by atoms with E-state index in [9.17, 15) is 0 Å². The van der Waals surface area contributed by atoms with Crippen LogP contribution in [0.25, 0.3) is 0 Å². The molecule has 146 valence electrons. The van der Waals surface area contributed by atoms with Crippen LogP contribution in [0.1, 0.15) is 90.4 Å². The lowest BCUT2D eigenvalue weighted by Crippen LogP contribution is -2.19. The first-order valence-corrected chi connectivity index (χ1v) is 11.2. The molecule has 0 atom stereocenters. The third-order valence-corrected chi connectivity index (χ3v) is 6.40. The minimum Gasteiger partial charge on any atom is -0.381 e. The van der Waals surface area contributed by atoms with Gasteiger partial charge in [-0.05, 0) is 81.3 Å². The van der Waals surface area contributed by atoms with E-state index in [0.29, 0.717) is 12.0 Å². The van der Waals surface area contributed by atoms with Crippen LogP contribution in [0.3, 0.4) is 0 Å². The normalized spacial score (nSPS) is 29.8. The van der Waals surface area contributed by atoms with Crippen molar-refractivity contribution in [3.63, 3.8) is 0 Å². The van der Waals surface area contributed by atoms with Crippen molar-refractivity contribution >= 4 is 0 Å². The van der Waals surface area contributed by atoms with Crippen LogP contribution in [0.5, 0.6) is 0 Å². The summed E-state index contributed by atoms with van der Waals surface area (Å²) in [7, 11) is 1.83. The summed E-state index contributed by atoms with van der Waals surface area (Å²) in [4.78, 5) is 0. The highest BCUT2D eigenvalue weighted by molar-refractivity contribution is 5.24. The molecule has 0 spiro atoms. The van der Waals surface area contributed by atoms with Crippen LogP contribution in [0, 0.1) is 29.6 Å². The highest BCUT2D eigenvalue weighted by Crippen LogP contribution is 2.32. The number of rotatable bonds is 8. The van der Waals surface area contributed by atoms with E-state index in [2.05, 4.69) is 43.1 Å². The summed E-state index contributed by atoms with van der Waals surface area (Å²) >= 11 is 0. The van der Waals surface area contributed by atoms with E-state index >= 15 is 0 Å². The summed E-state index contributed by atoms with van der Waals surface area (Å²) in [6, 6.07) is 0. The number of allylic oxidation sites excluding steroid dienone is 4. The van der Waals surface area contributed by atoms with Gasteiger partial charge in [0.2, 0.25) is 0 Å². The molecule has 2 rings (SSSR count). The number of ether oxygens (including phenoxy) is 1. The summed E-state index contributed by atoms with van der Waals surface area (Å²) in [6.45, 7) is 2.29. The molecule has 0 saturated heterocycles. The lowest BCUT2D eigenvalue weighted by atomic mass is 9.79. The van der Waals surface area contributed by atoms with E-state index in [1.807, 2.05) is 7.11 Å². The Morgan fingerprint density at radius 3 is 1.88 bits per heavy atom. The molecule has 0 aromatic heterocycles. The van der Waals surface area contributed by atoms with Gasteiger partial charge in [-0.25, -0.2) is 0 Å². The SMILES string of the molecule is CCCCCC[C@H]1CC[C@H](/C=C/C#C/C=C/[C@H]2CC[C@H](OC)CC2)CC1. The molecule has 0 unspecified atom stereocenters. The molecule has 0 radical (unpaired) electrons. The van der Waals surface area contributed by atoms with Crippen LogP contribution in [0.4, 0.5) is 0 Å². The van der Waals surface area contributed by atoms with E-state index < -0.39 is 0 Å². The van der Waals surface area contributed by atoms with Gasteiger partial charge in [0.15, 0.2) is 0 Å². The molecule has 0 heterocycles. The van der Waals surface area contributed by atoms with Gasteiger partial charge in [0.25, 0.3) is 0 Å². The van der Waals surface area contributed by atoms with E-state index in [1.165, 1.54) is 83.5 Å². The summed E-state index contributed by atoms with van der Waals surface area (Å²) in [5, 5.41) is 0. The minimum atomic E-state index is 0.486. The standard InChI is InChI=1S/C25H40O/c1-3-4-5-8-11-22-14-16-23(17-15-22)12-9-6-7-10-13-24-18-20-25(26-2)21-19-24/h9-10,12-13,22-25H,3-5,8,11,14-21H2,1-2H3/b12-9+,13-10+/t22-,23-,24-,25-. The van der Waals surface area contributed by atoms with Gasteiger partial charge in [0, 0.05) is 7.11 Å². The zero-order valence-electron chi connectivity index (χ0n) is 17.2. The Morgan fingerprint density at radius 2 is 1.35 bits per heavy atom. The Bertz CT molecular complexity index is 462. The third kappa shape index (κ3) is 8.59. The molecule has 1 heteroatoms. The largest absolute Gasteiger partial charge is 0.381 e. The fourth-order valence-corrected chi connectivity index (χ4v) is 4.51. The Labute approximate surface area is 162 Å². The molecule has 0 aromatic carbocycles. The molecule has 0 amide bonds. The van der Waals surface area contributed by atoms with Crippen LogP contribution in [0.2, 0.25) is 0 Å². The monoisotopic (exact) mass is 356 g/mol. The molecule has 0 bridgehead atoms. The van der Waals surface area contributed by atoms with Gasteiger partial charge < -0.3 is 4.74 Å². The Kier molecular flexibility index (Phi) is 10.8. The fourth-order valence-electron chi connectivity index (χ4n) is 4.51. The summed E-state index contributed by atoms with van der Waals surface area (Å²) in [5.74, 6) is 8.88. The first-order valence-electron chi connectivity index (χ1n) is 11.2. The molecule has 2 saturated carbocycles. The van der Waals surface area contributed by atoms with Crippen LogP contribution in [0.15, 0.2) is 24.3 Å². The molecule has 26 heavy (non-hydrogen) atoms. The van der Waals surface area contributed by atoms with Crippen molar-refractivity contribution in [2.24, 2.45) is 17.8 Å². The van der Waals surface area contributed by atoms with Gasteiger partial charge in [-0.3, -0.25) is 0 Å². The van der Waals surface area contributed by atoms with Gasteiger partial charge in [-0.2, -0.15) is 0 Å². The Hall–Kier alpha value is -1.00. The smallest absolute Gasteiger partial charge is 0.0571 e. The van der Waals surface area contributed by atoms with Gasteiger partial charge in [-0.15, -0.1) is 0 Å². The quantitative estimate of drug-likeness (QED) is 0.333. The molecular weight excluding hydrogens is 316 g/mol. The fraction of sp³-hybridized carbons (Fsp3) is 0.760. The first kappa shape index (κ1) is 21.3. The van der Waals surface area contributed by atoms with Crippen molar-refractivity contribution in [2.45, 2.75) is 96.5 Å². The van der Waals surface area contributed by atoms with Crippen molar-refractivity contribution in [3.05, 3.63) is 24.3 Å². The van der Waals surface area contributed by atoms with E-state index in [0.717, 1.165) is 11.8 Å². The summed E-state index contributed by atoms with van der Waals surface area (Å²) < 4.78 is 5.43. The second kappa shape index (κ2) is 13.2. The van der Waals surface area contributed by atoms with Crippen LogP contribution in [-0.2, 0) is 4.74 Å². The molecule has 2 aliphatic rings. The number of unbranched alkanes of at least 4 members (excludes halogenated alkanes) is 3. The molecular formula is C25H40O. The predicted molar refractivity (Wildman–Crippen MR) is 113 cm³/mol. The Balaban J connectivity index is 1.57. The minimum absolute atomic E-state index is 0.486. The average Bonchev–Trinajstić information content (AvgIpc) is 2.69. The third-order valence-electron chi connectivity index (χ3n) is 6.40. The molecule has 2 aliphatic carbocycles. The average molecular weight is 357 g/mol. The summed E-state index contributed by atoms with van der Waals surface area (Å²) in [5.41, 5.74) is 0. The Morgan fingerprint density at radius 1 is 0.769 bits per heavy atom. The van der Waals surface area contributed by atoms with Crippen molar-refractivity contribution < 1.29 is 4.74 Å². The van der Waals surface area contributed by atoms with Crippen LogP contribution in [-0.4, -0.2) is 13.2 Å². The van der Waals surface area contributed by atoms with Crippen LogP contribution >= 0.6 is 0 Å². The lowest BCUT2D eigenvalue weighted by Gasteiger charge is -2.26. The van der Waals surface area contributed by atoms with Crippen LogP contribution < -0.4 is 0 Å². The maximum atomic E-state index is 5.43. The van der Waals surface area contributed by atoms with Gasteiger partial charge in [0.1, 0.15) is 0 Å². The van der Waals surface area contributed by atoms with E-state index in [-0.39, 0.29) is 0 Å². The maximum absolute atomic E-state index is 5.43. The van der Waals surface area contributed by atoms with Gasteiger partial charge in [-0.1, -0.05) is 63.0 Å². The lowest BCUT2D eigenvalue weighted by molar-refractivity contribution is 0.0627. The molecule has 2 fully saturated rings. The predicted octanol–water partition coefficient (Wildman–Crippen LogP) is 7.08. The molecule has 0 N–H and O–H groups in total. The summed E-state index contributed by atoms with van der Waals surface area (Å²) in [6.07, 6.45) is 26.9. The zero-order valence-corrected chi connectivity index (χ0v) is 17.2. The highest BCUT2D eigenvalue weighted by atomic mass is 16.5. The molecule has 1 nitrogen and oxygen atoms in total. The van der Waals surface area contributed by atoms with Crippen molar-refractivity contribution in [1.82, 2.24) is 0 Å². The van der Waals surface area contributed by atoms with Gasteiger partial charge >= 0.3 is 0 Å². The van der Waals surface area contributed by atoms with E-state index in [4.69, 9.17) is 4.74 Å². The molecule has 0 aromatic rings. The van der Waals surface area contributed by atoms with E-state index in [1.54, 1.807) is 0 Å². The second-order valence-electron chi connectivity index (χ2n) is 8.41. The number of methoxy groups -OCH3 is 1. The van der Waals surface area contributed by atoms with Crippen molar-refractivity contribution in [3.8, 4) is 11.8 Å². The zero-order chi connectivity index (χ0) is 18.5.